The Morgan fingerprint density at radius 1 is 1.19 bits per heavy atom. The minimum Gasteiger partial charge on any atom is -0.493 e. The Kier molecular flexibility index (Phi) is 6.80. The highest BCUT2D eigenvalue weighted by molar-refractivity contribution is 6.34. The van der Waals surface area contributed by atoms with E-state index in [2.05, 4.69) is 10.6 Å². The number of halogens is 1. The fourth-order valence-corrected chi connectivity index (χ4v) is 3.96. The molecule has 2 N–H and O–H groups in total. The van der Waals surface area contributed by atoms with E-state index in [9.17, 15) is 14.4 Å². The highest BCUT2D eigenvalue weighted by atomic mass is 35.5. The number of hydrogen-bond acceptors (Lipinski definition) is 5. The summed E-state index contributed by atoms with van der Waals surface area (Å²) in [5.74, 6) is 0.611. The first-order valence-corrected chi connectivity index (χ1v) is 10.9. The van der Waals surface area contributed by atoms with Crippen LogP contribution in [-0.2, 0) is 14.4 Å². The molecule has 9 heteroatoms. The second-order valence-electron chi connectivity index (χ2n) is 7.72. The normalized spacial score (nSPS) is 15.9. The third-order valence-electron chi connectivity index (χ3n) is 5.51. The number of carbonyl (C=O) groups is 3. The Bertz CT molecular complexity index is 1010. The maximum atomic E-state index is 12.7. The fraction of sp³-hybridized carbons (Fsp3) is 0.348. The Balaban J connectivity index is 1.25. The number of anilines is 2. The predicted molar refractivity (Wildman–Crippen MR) is 120 cm³/mol. The van der Waals surface area contributed by atoms with Gasteiger partial charge in [0.15, 0.2) is 6.61 Å². The average molecular weight is 458 g/mol. The molecule has 8 nitrogen and oxygen atoms in total. The quantitative estimate of drug-likeness (QED) is 0.693. The van der Waals surface area contributed by atoms with Gasteiger partial charge in [-0.25, -0.2) is 0 Å². The summed E-state index contributed by atoms with van der Waals surface area (Å²) in [6.07, 6.45) is 1.45. The molecule has 168 valence electrons. The van der Waals surface area contributed by atoms with Crippen molar-refractivity contribution in [3.63, 3.8) is 0 Å². The zero-order valence-corrected chi connectivity index (χ0v) is 18.2. The van der Waals surface area contributed by atoms with Gasteiger partial charge in [0.1, 0.15) is 11.5 Å². The zero-order valence-electron chi connectivity index (χ0n) is 17.4. The Labute approximate surface area is 190 Å². The van der Waals surface area contributed by atoms with Crippen molar-refractivity contribution in [2.24, 2.45) is 5.92 Å². The van der Waals surface area contributed by atoms with Crippen LogP contribution in [0, 0.1) is 5.92 Å². The molecule has 0 aromatic heterocycles. The summed E-state index contributed by atoms with van der Waals surface area (Å²) in [5, 5.41) is 5.84. The van der Waals surface area contributed by atoms with Crippen LogP contribution in [0.1, 0.15) is 19.3 Å². The Morgan fingerprint density at radius 3 is 2.69 bits per heavy atom. The number of para-hydroxylation sites is 1. The van der Waals surface area contributed by atoms with Crippen LogP contribution in [0.4, 0.5) is 11.4 Å². The summed E-state index contributed by atoms with van der Waals surface area (Å²) in [4.78, 5) is 38.4. The Morgan fingerprint density at radius 2 is 1.94 bits per heavy atom. The van der Waals surface area contributed by atoms with Gasteiger partial charge in [-0.05, 0) is 31.0 Å². The molecule has 3 amide bonds. The second-order valence-corrected chi connectivity index (χ2v) is 8.13. The van der Waals surface area contributed by atoms with Crippen LogP contribution in [0.15, 0.2) is 42.5 Å². The lowest BCUT2D eigenvalue weighted by molar-refractivity contribution is -0.135. The van der Waals surface area contributed by atoms with Crippen LogP contribution in [0.5, 0.6) is 11.5 Å². The lowest BCUT2D eigenvalue weighted by atomic mass is 9.95. The summed E-state index contributed by atoms with van der Waals surface area (Å²) in [6, 6.07) is 12.6. The van der Waals surface area contributed by atoms with E-state index >= 15 is 0 Å². The number of benzene rings is 2. The summed E-state index contributed by atoms with van der Waals surface area (Å²) < 4.78 is 11.0. The van der Waals surface area contributed by atoms with Crippen LogP contribution < -0.4 is 20.1 Å². The minimum atomic E-state index is -0.252. The summed E-state index contributed by atoms with van der Waals surface area (Å²) in [6.45, 7) is 1.29. The van der Waals surface area contributed by atoms with Gasteiger partial charge in [-0.15, -0.1) is 0 Å². The van der Waals surface area contributed by atoms with E-state index in [0.29, 0.717) is 61.1 Å². The van der Waals surface area contributed by atoms with Gasteiger partial charge in [-0.1, -0.05) is 29.8 Å². The van der Waals surface area contributed by atoms with E-state index in [4.69, 9.17) is 21.1 Å². The Hall–Kier alpha value is -3.26. The van der Waals surface area contributed by atoms with Crippen molar-refractivity contribution in [3.05, 3.63) is 47.5 Å². The number of nitrogens with one attached hydrogen (secondary N) is 2. The first-order valence-electron chi connectivity index (χ1n) is 10.5. The molecular formula is C23H24ClN3O5. The van der Waals surface area contributed by atoms with Gasteiger partial charge in [-0.2, -0.15) is 0 Å². The standard InChI is InChI=1S/C23H24ClN3O5/c24-17-12-19-20(32-14-21(28)25-19)13-18(17)26-23(30)15-6-9-27(10-7-15)22(29)8-11-31-16-4-2-1-3-5-16/h1-5,12-13,15H,6-11,14H2,(H,25,28)(H,26,30). The molecule has 0 saturated carbocycles. The molecular weight excluding hydrogens is 434 g/mol. The number of piperidine rings is 1. The third-order valence-corrected chi connectivity index (χ3v) is 5.82. The first kappa shape index (κ1) is 22.0. The minimum absolute atomic E-state index is 0.0247. The summed E-state index contributed by atoms with van der Waals surface area (Å²) >= 11 is 6.26. The van der Waals surface area contributed by atoms with E-state index in [1.165, 1.54) is 0 Å². The van der Waals surface area contributed by atoms with Gasteiger partial charge >= 0.3 is 0 Å². The largest absolute Gasteiger partial charge is 0.493 e. The highest BCUT2D eigenvalue weighted by Gasteiger charge is 2.28. The third kappa shape index (κ3) is 5.31. The van der Waals surface area contributed by atoms with Crippen molar-refractivity contribution in [2.45, 2.75) is 19.3 Å². The van der Waals surface area contributed by atoms with E-state index in [1.807, 2.05) is 30.3 Å². The maximum absolute atomic E-state index is 12.7. The molecule has 32 heavy (non-hydrogen) atoms. The molecule has 0 aliphatic carbocycles. The van der Waals surface area contributed by atoms with Gasteiger partial charge in [0.05, 0.1) is 29.4 Å². The summed E-state index contributed by atoms with van der Waals surface area (Å²) in [7, 11) is 0. The first-order chi connectivity index (χ1) is 15.5. The van der Waals surface area contributed by atoms with E-state index in [-0.39, 0.29) is 30.2 Å². The molecule has 2 aromatic carbocycles. The van der Waals surface area contributed by atoms with Crippen molar-refractivity contribution >= 4 is 40.7 Å². The lowest BCUT2D eigenvalue weighted by Gasteiger charge is -2.31. The smallest absolute Gasteiger partial charge is 0.262 e. The number of rotatable bonds is 6. The molecule has 0 bridgehead atoms. The van der Waals surface area contributed by atoms with Gasteiger partial charge < -0.3 is 25.0 Å². The van der Waals surface area contributed by atoms with E-state index in [0.717, 1.165) is 5.75 Å². The van der Waals surface area contributed by atoms with Crippen LogP contribution in [0.3, 0.4) is 0 Å². The molecule has 2 heterocycles. The molecule has 2 aromatic rings. The maximum Gasteiger partial charge on any atom is 0.262 e. The van der Waals surface area contributed by atoms with Crippen molar-refractivity contribution in [1.82, 2.24) is 4.90 Å². The number of carbonyl (C=O) groups excluding carboxylic acids is 3. The number of nitrogens with zero attached hydrogens (tertiary/aromatic N) is 1. The second kappa shape index (κ2) is 9.91. The van der Waals surface area contributed by atoms with E-state index < -0.39 is 0 Å². The molecule has 0 atom stereocenters. The molecule has 2 aliphatic heterocycles. The fourth-order valence-electron chi connectivity index (χ4n) is 3.75. The van der Waals surface area contributed by atoms with E-state index in [1.54, 1.807) is 17.0 Å². The molecule has 4 rings (SSSR count). The molecule has 1 saturated heterocycles. The predicted octanol–water partition coefficient (Wildman–Crippen LogP) is 3.32. The molecule has 0 radical (unpaired) electrons. The van der Waals surface area contributed by atoms with Crippen molar-refractivity contribution in [3.8, 4) is 11.5 Å². The molecule has 2 aliphatic rings. The number of ether oxygens (including phenoxy) is 2. The van der Waals surface area contributed by atoms with Gasteiger partial charge in [0.25, 0.3) is 5.91 Å². The highest BCUT2D eigenvalue weighted by Crippen LogP contribution is 2.36. The average Bonchev–Trinajstić information content (AvgIpc) is 2.80. The van der Waals surface area contributed by atoms with Crippen molar-refractivity contribution < 1.29 is 23.9 Å². The van der Waals surface area contributed by atoms with Gasteiger partial charge in [-0.3, -0.25) is 14.4 Å². The number of likely N-dealkylation sites (tertiary alicyclic amines) is 1. The summed E-state index contributed by atoms with van der Waals surface area (Å²) in [5.41, 5.74) is 0.912. The number of fused-ring (bicyclic) bond motifs is 1. The van der Waals surface area contributed by atoms with Crippen LogP contribution >= 0.6 is 11.6 Å². The lowest BCUT2D eigenvalue weighted by Crippen LogP contribution is -2.41. The number of hydrogen-bond donors (Lipinski definition) is 2. The van der Waals surface area contributed by atoms with Crippen molar-refractivity contribution in [1.29, 1.82) is 0 Å². The van der Waals surface area contributed by atoms with Gasteiger partial charge in [0.2, 0.25) is 11.8 Å². The van der Waals surface area contributed by atoms with Crippen LogP contribution in [0.2, 0.25) is 5.02 Å². The number of amides is 3. The van der Waals surface area contributed by atoms with Gasteiger partial charge in [0, 0.05) is 25.1 Å². The molecule has 1 fully saturated rings. The topological polar surface area (TPSA) is 97.0 Å². The SMILES string of the molecule is O=C1COc2cc(NC(=O)C3CCN(C(=O)CCOc4ccccc4)CC3)c(Cl)cc2N1. The molecule has 0 unspecified atom stereocenters. The molecule has 0 spiro atoms. The monoisotopic (exact) mass is 457 g/mol. The van der Waals surface area contributed by atoms with Crippen LogP contribution in [0.25, 0.3) is 0 Å². The zero-order chi connectivity index (χ0) is 22.5. The van der Waals surface area contributed by atoms with Crippen molar-refractivity contribution in [2.75, 3.05) is 36.9 Å². The van der Waals surface area contributed by atoms with Crippen LogP contribution in [-0.4, -0.2) is 48.9 Å².